The van der Waals surface area contributed by atoms with Gasteiger partial charge in [-0.3, -0.25) is 14.4 Å². The summed E-state index contributed by atoms with van der Waals surface area (Å²) in [7, 11) is 0. The summed E-state index contributed by atoms with van der Waals surface area (Å²) in [6.07, 6.45) is 0.145. The summed E-state index contributed by atoms with van der Waals surface area (Å²) in [5, 5.41) is 0. The van der Waals surface area contributed by atoms with E-state index in [1.165, 1.54) is 6.07 Å². The first-order valence-electron chi connectivity index (χ1n) is 5.97. The lowest BCUT2D eigenvalue weighted by molar-refractivity contribution is 0.0811. The van der Waals surface area contributed by atoms with Gasteiger partial charge in [-0.2, -0.15) is 0 Å². The van der Waals surface area contributed by atoms with Crippen molar-refractivity contribution >= 4 is 17.3 Å². The molecule has 0 aromatic heterocycles. The summed E-state index contributed by atoms with van der Waals surface area (Å²) in [5.41, 5.74) is 1.47. The van der Waals surface area contributed by atoms with Gasteiger partial charge >= 0.3 is 0 Å². The second-order valence-electron chi connectivity index (χ2n) is 4.46. The molecule has 0 aliphatic heterocycles. The van der Waals surface area contributed by atoms with E-state index in [4.69, 9.17) is 0 Å². The molecule has 1 aliphatic carbocycles. The lowest BCUT2D eigenvalue weighted by Crippen LogP contribution is -2.23. The second kappa shape index (κ2) is 4.28. The largest absolute Gasteiger partial charge is 0.294 e. The Morgan fingerprint density at radius 1 is 0.632 bits per heavy atom. The van der Waals surface area contributed by atoms with E-state index >= 15 is 0 Å². The van der Waals surface area contributed by atoms with Crippen LogP contribution >= 0.6 is 0 Å². The van der Waals surface area contributed by atoms with E-state index in [1.54, 1.807) is 42.5 Å². The Bertz CT molecular complexity index is 713. The van der Waals surface area contributed by atoms with Crippen molar-refractivity contribution in [2.24, 2.45) is 0 Å². The van der Waals surface area contributed by atoms with Crippen LogP contribution in [-0.4, -0.2) is 17.3 Å². The Hall–Kier alpha value is -2.55. The van der Waals surface area contributed by atoms with Gasteiger partial charge in [0.2, 0.25) is 11.6 Å². The van der Waals surface area contributed by atoms with Crippen molar-refractivity contribution in [2.75, 3.05) is 0 Å². The molecule has 0 bridgehead atoms. The summed E-state index contributed by atoms with van der Waals surface area (Å²) in [6, 6.07) is 13.2. The zero-order valence-corrected chi connectivity index (χ0v) is 10.1. The normalized spacial score (nSPS) is 14.4. The quantitative estimate of drug-likeness (QED) is 0.675. The van der Waals surface area contributed by atoms with E-state index in [2.05, 4.69) is 0 Å². The summed E-state index contributed by atoms with van der Waals surface area (Å²) in [4.78, 5) is 36.6. The van der Waals surface area contributed by atoms with Crippen LogP contribution in [0.2, 0.25) is 0 Å². The molecule has 0 heterocycles. The van der Waals surface area contributed by atoms with Crippen molar-refractivity contribution in [1.82, 2.24) is 0 Å². The van der Waals surface area contributed by atoms with Crippen LogP contribution in [0.15, 0.2) is 48.5 Å². The number of fused-ring (bicyclic) bond motifs is 2. The molecular weight excluding hydrogens is 240 g/mol. The maximum absolute atomic E-state index is 12.2. The van der Waals surface area contributed by atoms with Gasteiger partial charge in [-0.25, -0.2) is 0 Å². The Balaban J connectivity index is 2.25. The average Bonchev–Trinajstić information content (AvgIpc) is 2.45. The Labute approximate surface area is 109 Å². The van der Waals surface area contributed by atoms with Crippen molar-refractivity contribution in [3.63, 3.8) is 0 Å². The molecule has 2 aromatic carbocycles. The highest BCUT2D eigenvalue weighted by molar-refractivity contribution is 6.50. The molecule has 0 saturated heterocycles. The summed E-state index contributed by atoms with van der Waals surface area (Å²) in [6.45, 7) is 0. The molecule has 0 spiro atoms. The van der Waals surface area contributed by atoms with Crippen molar-refractivity contribution in [1.29, 1.82) is 0 Å². The highest BCUT2D eigenvalue weighted by Crippen LogP contribution is 2.21. The Kier molecular flexibility index (Phi) is 2.60. The van der Waals surface area contributed by atoms with Crippen molar-refractivity contribution < 1.29 is 14.4 Å². The maximum atomic E-state index is 12.2. The number of carbonyl (C=O) groups is 3. The average molecular weight is 250 g/mol. The predicted octanol–water partition coefficient (Wildman–Crippen LogP) is 2.49. The molecule has 3 rings (SSSR count). The molecule has 2 aromatic rings. The van der Waals surface area contributed by atoms with E-state index < -0.39 is 11.6 Å². The molecule has 0 saturated carbocycles. The molecule has 19 heavy (non-hydrogen) atoms. The van der Waals surface area contributed by atoms with E-state index in [9.17, 15) is 14.4 Å². The van der Waals surface area contributed by atoms with Gasteiger partial charge in [0.25, 0.3) is 0 Å². The summed E-state index contributed by atoms with van der Waals surface area (Å²) in [5.74, 6) is -1.30. The maximum Gasteiger partial charge on any atom is 0.234 e. The smallest absolute Gasteiger partial charge is 0.234 e. The number of ketones is 3. The van der Waals surface area contributed by atoms with Crippen LogP contribution in [0.5, 0.6) is 0 Å². The molecule has 0 radical (unpaired) electrons. The number of rotatable bonds is 0. The molecule has 0 N–H and O–H groups in total. The minimum Gasteiger partial charge on any atom is -0.294 e. The zero-order chi connectivity index (χ0) is 13.4. The van der Waals surface area contributed by atoms with Gasteiger partial charge in [0.1, 0.15) is 0 Å². The summed E-state index contributed by atoms with van der Waals surface area (Å²) < 4.78 is 0. The minimum absolute atomic E-state index is 0.135. The minimum atomic E-state index is -0.615. The van der Waals surface area contributed by atoms with Gasteiger partial charge in [-0.1, -0.05) is 48.5 Å². The first kappa shape index (κ1) is 11.5. The standard InChI is InChI=1S/C16H10O3/c17-14-9-10-5-1-2-6-11(10)15(18)16(19)13-8-4-3-7-12(13)14/h1-8H,9H2. The molecule has 1 aliphatic rings. The number of hydrogen-bond acceptors (Lipinski definition) is 3. The molecular formula is C16H10O3. The van der Waals surface area contributed by atoms with Gasteiger partial charge in [0, 0.05) is 23.1 Å². The number of Topliss-reactive ketones (excluding diaryl/α,β-unsaturated/α-hetero) is 3. The number of carbonyl (C=O) groups excluding carboxylic acids is 3. The molecule has 92 valence electrons. The van der Waals surface area contributed by atoms with Gasteiger partial charge < -0.3 is 0 Å². The first-order chi connectivity index (χ1) is 9.18. The highest BCUT2D eigenvalue weighted by Gasteiger charge is 2.28. The first-order valence-corrected chi connectivity index (χ1v) is 5.97. The molecule has 0 fully saturated rings. The fourth-order valence-electron chi connectivity index (χ4n) is 2.33. The zero-order valence-electron chi connectivity index (χ0n) is 10.1. The van der Waals surface area contributed by atoms with E-state index in [0.29, 0.717) is 16.7 Å². The SMILES string of the molecule is O=C1C(=O)c2ccccc2C(=O)Cc2ccccc21. The van der Waals surface area contributed by atoms with Gasteiger partial charge in [0.15, 0.2) is 5.78 Å². The van der Waals surface area contributed by atoms with Crippen LogP contribution in [0.4, 0.5) is 0 Å². The Morgan fingerprint density at radius 2 is 1.16 bits per heavy atom. The fraction of sp³-hybridized carbons (Fsp3) is 0.0625. The monoisotopic (exact) mass is 250 g/mol. The molecule has 3 nitrogen and oxygen atoms in total. The summed E-state index contributed by atoms with van der Waals surface area (Å²) >= 11 is 0. The molecule has 0 unspecified atom stereocenters. The third-order valence-electron chi connectivity index (χ3n) is 3.29. The van der Waals surface area contributed by atoms with E-state index in [-0.39, 0.29) is 17.8 Å². The van der Waals surface area contributed by atoms with Gasteiger partial charge in [-0.15, -0.1) is 0 Å². The number of hydrogen-bond donors (Lipinski definition) is 0. The molecule has 0 atom stereocenters. The van der Waals surface area contributed by atoms with Crippen LogP contribution < -0.4 is 0 Å². The van der Waals surface area contributed by atoms with Crippen molar-refractivity contribution in [3.8, 4) is 0 Å². The van der Waals surface area contributed by atoms with Crippen LogP contribution in [0, 0.1) is 0 Å². The highest BCUT2D eigenvalue weighted by atomic mass is 16.2. The third kappa shape index (κ3) is 1.80. The third-order valence-corrected chi connectivity index (χ3v) is 3.29. The molecule has 3 heteroatoms. The lowest BCUT2D eigenvalue weighted by Gasteiger charge is -2.14. The second-order valence-corrected chi connectivity index (χ2v) is 4.46. The van der Waals surface area contributed by atoms with Crippen LogP contribution in [-0.2, 0) is 6.42 Å². The van der Waals surface area contributed by atoms with Gasteiger partial charge in [0.05, 0.1) is 0 Å². The lowest BCUT2D eigenvalue weighted by atomic mass is 9.87. The van der Waals surface area contributed by atoms with Crippen molar-refractivity contribution in [3.05, 3.63) is 70.8 Å². The molecule has 0 amide bonds. The van der Waals surface area contributed by atoms with Crippen LogP contribution in [0.3, 0.4) is 0 Å². The number of benzene rings is 2. The van der Waals surface area contributed by atoms with E-state index in [0.717, 1.165) is 0 Å². The van der Waals surface area contributed by atoms with Crippen molar-refractivity contribution in [2.45, 2.75) is 6.42 Å². The van der Waals surface area contributed by atoms with E-state index in [1.807, 2.05) is 0 Å². The fourth-order valence-corrected chi connectivity index (χ4v) is 2.33. The van der Waals surface area contributed by atoms with Crippen LogP contribution in [0.1, 0.15) is 36.6 Å². The Morgan fingerprint density at radius 3 is 1.89 bits per heavy atom. The van der Waals surface area contributed by atoms with Gasteiger partial charge in [-0.05, 0) is 5.56 Å². The van der Waals surface area contributed by atoms with Crippen LogP contribution in [0.25, 0.3) is 0 Å². The predicted molar refractivity (Wildman–Crippen MR) is 69.6 cm³/mol. The topological polar surface area (TPSA) is 51.2 Å².